The minimum atomic E-state index is -4.48. The quantitative estimate of drug-likeness (QED) is 0.418. The highest BCUT2D eigenvalue weighted by Crippen LogP contribution is 2.39. The molecule has 0 unspecified atom stereocenters. The number of benzene rings is 3. The van der Waals surface area contributed by atoms with Crippen LogP contribution in [-0.4, -0.2) is 9.67 Å². The van der Waals surface area contributed by atoms with Gasteiger partial charge in [-0.1, -0.05) is 42.5 Å². The Balaban J connectivity index is 2.00. The van der Waals surface area contributed by atoms with E-state index in [0.717, 1.165) is 12.1 Å². The van der Waals surface area contributed by atoms with Gasteiger partial charge in [-0.25, -0.2) is 4.39 Å². The Bertz CT molecular complexity index is 1160. The molecule has 1 N–H and O–H groups in total. The Labute approximate surface area is 164 Å². The summed E-state index contributed by atoms with van der Waals surface area (Å²) in [6.07, 6.45) is -4.48. The summed E-state index contributed by atoms with van der Waals surface area (Å²) in [4.78, 5) is 0. The van der Waals surface area contributed by atoms with Gasteiger partial charge in [0.1, 0.15) is 5.82 Å². The number of hydrogen-bond acceptors (Lipinski definition) is 1. The topological polar surface area (TPSA) is 25.2 Å². The van der Waals surface area contributed by atoms with Gasteiger partial charge in [-0.3, -0.25) is 0 Å². The number of nitrogens with zero attached hydrogens (tertiary/aromatic N) is 1. The van der Waals surface area contributed by atoms with Gasteiger partial charge in [-0.05, 0) is 41.5 Å². The van der Waals surface area contributed by atoms with Crippen molar-refractivity contribution in [3.63, 3.8) is 0 Å². The molecule has 0 spiro atoms. The van der Waals surface area contributed by atoms with Crippen LogP contribution in [0.25, 0.3) is 22.0 Å². The normalized spacial score (nSPS) is 11.9. The standard InChI is InChI=1S/C23H17F4NO/c24-18-8-4-5-15(11-18)13-28-20-10-9-17(23(25,26)27)12-19(20)22(21(28)14-29)16-6-2-1-3-7-16/h1-12,29H,13-14H2. The van der Waals surface area contributed by atoms with E-state index in [0.29, 0.717) is 33.3 Å². The number of rotatable bonds is 4. The Morgan fingerprint density at radius 3 is 2.28 bits per heavy atom. The van der Waals surface area contributed by atoms with E-state index in [9.17, 15) is 22.7 Å². The van der Waals surface area contributed by atoms with Crippen LogP contribution in [0.3, 0.4) is 0 Å². The van der Waals surface area contributed by atoms with E-state index in [4.69, 9.17) is 0 Å². The molecule has 0 aliphatic heterocycles. The monoisotopic (exact) mass is 399 g/mol. The average molecular weight is 399 g/mol. The number of aliphatic hydroxyl groups is 1. The molecular formula is C23H17F4NO. The molecule has 148 valence electrons. The van der Waals surface area contributed by atoms with Crippen molar-refractivity contribution in [3.8, 4) is 11.1 Å². The minimum Gasteiger partial charge on any atom is -0.390 e. The van der Waals surface area contributed by atoms with Gasteiger partial charge in [0.05, 0.1) is 17.9 Å². The molecule has 29 heavy (non-hydrogen) atoms. The molecule has 0 fully saturated rings. The zero-order valence-electron chi connectivity index (χ0n) is 15.2. The molecule has 4 rings (SSSR count). The maximum atomic E-state index is 13.6. The van der Waals surface area contributed by atoms with Gasteiger partial charge in [0.2, 0.25) is 0 Å². The van der Waals surface area contributed by atoms with Crippen LogP contribution >= 0.6 is 0 Å². The van der Waals surface area contributed by atoms with Crippen LogP contribution in [0.4, 0.5) is 17.6 Å². The van der Waals surface area contributed by atoms with Crippen molar-refractivity contribution in [1.82, 2.24) is 4.57 Å². The molecule has 0 aliphatic carbocycles. The molecule has 1 heterocycles. The molecule has 4 aromatic rings. The third kappa shape index (κ3) is 3.63. The highest BCUT2D eigenvalue weighted by Gasteiger charge is 2.31. The third-order valence-electron chi connectivity index (χ3n) is 4.94. The molecule has 0 aliphatic rings. The molecule has 0 amide bonds. The summed E-state index contributed by atoms with van der Waals surface area (Å²) in [5, 5.41) is 10.5. The van der Waals surface area contributed by atoms with Crippen molar-refractivity contribution in [2.24, 2.45) is 0 Å². The molecule has 1 aromatic heterocycles. The number of fused-ring (bicyclic) bond motifs is 1. The van der Waals surface area contributed by atoms with Gasteiger partial charge >= 0.3 is 6.18 Å². The number of halogens is 4. The van der Waals surface area contributed by atoms with E-state index in [-0.39, 0.29) is 13.2 Å². The molecule has 0 bridgehead atoms. The average Bonchev–Trinajstić information content (AvgIpc) is 3.00. The van der Waals surface area contributed by atoms with E-state index in [1.807, 2.05) is 6.07 Å². The lowest BCUT2D eigenvalue weighted by Crippen LogP contribution is -2.06. The van der Waals surface area contributed by atoms with Crippen LogP contribution in [0.1, 0.15) is 16.8 Å². The summed E-state index contributed by atoms with van der Waals surface area (Å²) in [6, 6.07) is 18.5. The highest BCUT2D eigenvalue weighted by molar-refractivity contribution is 5.98. The van der Waals surface area contributed by atoms with Crippen LogP contribution in [-0.2, 0) is 19.3 Å². The van der Waals surface area contributed by atoms with Gasteiger partial charge in [0.15, 0.2) is 0 Å². The third-order valence-corrected chi connectivity index (χ3v) is 4.94. The van der Waals surface area contributed by atoms with Crippen LogP contribution in [0.5, 0.6) is 0 Å². The smallest absolute Gasteiger partial charge is 0.390 e. The first-order valence-corrected chi connectivity index (χ1v) is 9.01. The first kappa shape index (κ1) is 19.2. The van der Waals surface area contributed by atoms with Crippen molar-refractivity contribution >= 4 is 10.9 Å². The summed E-state index contributed by atoms with van der Waals surface area (Å²) in [5.41, 5.74) is 2.18. The summed E-state index contributed by atoms with van der Waals surface area (Å²) in [5.74, 6) is -0.396. The summed E-state index contributed by atoms with van der Waals surface area (Å²) in [6.45, 7) is -0.141. The number of hydrogen-bond donors (Lipinski definition) is 1. The first-order chi connectivity index (χ1) is 13.9. The second kappa shape index (κ2) is 7.37. The molecule has 2 nitrogen and oxygen atoms in total. The maximum absolute atomic E-state index is 13.6. The molecular weight excluding hydrogens is 382 g/mol. The highest BCUT2D eigenvalue weighted by atomic mass is 19.4. The Kier molecular flexibility index (Phi) is 4.88. The zero-order valence-corrected chi connectivity index (χ0v) is 15.2. The summed E-state index contributed by atoms with van der Waals surface area (Å²) < 4.78 is 55.4. The van der Waals surface area contributed by atoms with Crippen molar-refractivity contribution in [3.05, 3.63) is 95.4 Å². The van der Waals surface area contributed by atoms with E-state index in [1.165, 1.54) is 18.2 Å². The van der Waals surface area contributed by atoms with E-state index < -0.39 is 17.6 Å². The second-order valence-corrected chi connectivity index (χ2v) is 6.79. The fourth-order valence-electron chi connectivity index (χ4n) is 3.67. The largest absolute Gasteiger partial charge is 0.416 e. The van der Waals surface area contributed by atoms with Gasteiger partial charge in [0.25, 0.3) is 0 Å². The van der Waals surface area contributed by atoms with Crippen LogP contribution in [0, 0.1) is 5.82 Å². The van der Waals surface area contributed by atoms with E-state index in [1.54, 1.807) is 41.0 Å². The molecule has 0 saturated heterocycles. The number of alkyl halides is 3. The molecule has 3 aromatic carbocycles. The molecule has 0 atom stereocenters. The zero-order chi connectivity index (χ0) is 20.6. The van der Waals surface area contributed by atoms with Gasteiger partial charge in [-0.15, -0.1) is 0 Å². The lowest BCUT2D eigenvalue weighted by molar-refractivity contribution is -0.137. The Hall–Kier alpha value is -3.12. The van der Waals surface area contributed by atoms with Gasteiger partial charge in [-0.2, -0.15) is 13.2 Å². The fourth-order valence-corrected chi connectivity index (χ4v) is 3.67. The van der Waals surface area contributed by atoms with Crippen molar-refractivity contribution in [2.45, 2.75) is 19.3 Å². The Morgan fingerprint density at radius 2 is 1.62 bits per heavy atom. The number of aromatic nitrogens is 1. The van der Waals surface area contributed by atoms with Crippen molar-refractivity contribution in [1.29, 1.82) is 0 Å². The lowest BCUT2D eigenvalue weighted by Gasteiger charge is -2.11. The number of aliphatic hydroxyl groups excluding tert-OH is 1. The molecule has 0 radical (unpaired) electrons. The van der Waals surface area contributed by atoms with Crippen molar-refractivity contribution < 1.29 is 22.7 Å². The van der Waals surface area contributed by atoms with Crippen molar-refractivity contribution in [2.75, 3.05) is 0 Å². The minimum absolute atomic E-state index is 0.225. The van der Waals surface area contributed by atoms with Crippen LogP contribution < -0.4 is 0 Å². The predicted molar refractivity (Wildman–Crippen MR) is 104 cm³/mol. The summed E-state index contributed by atoms with van der Waals surface area (Å²) in [7, 11) is 0. The van der Waals surface area contributed by atoms with E-state index >= 15 is 0 Å². The van der Waals surface area contributed by atoms with Gasteiger partial charge < -0.3 is 9.67 Å². The lowest BCUT2D eigenvalue weighted by atomic mass is 10.0. The van der Waals surface area contributed by atoms with Crippen LogP contribution in [0.2, 0.25) is 0 Å². The summed E-state index contributed by atoms with van der Waals surface area (Å²) >= 11 is 0. The van der Waals surface area contributed by atoms with Crippen LogP contribution in [0.15, 0.2) is 72.8 Å². The fraction of sp³-hybridized carbons (Fsp3) is 0.130. The van der Waals surface area contributed by atoms with Gasteiger partial charge in [0, 0.05) is 23.0 Å². The second-order valence-electron chi connectivity index (χ2n) is 6.79. The molecule has 0 saturated carbocycles. The first-order valence-electron chi connectivity index (χ1n) is 9.01. The maximum Gasteiger partial charge on any atom is 0.416 e. The SMILES string of the molecule is OCc1c(-c2ccccc2)c2cc(C(F)(F)F)ccc2n1Cc1cccc(F)c1. The Morgan fingerprint density at radius 1 is 0.862 bits per heavy atom. The van der Waals surface area contributed by atoms with E-state index in [2.05, 4.69) is 0 Å². The predicted octanol–water partition coefficient (Wildman–Crippen LogP) is 6.01. The molecule has 6 heteroatoms.